The van der Waals surface area contributed by atoms with Crippen molar-refractivity contribution in [2.24, 2.45) is 0 Å². The first-order chi connectivity index (χ1) is 11.8. The summed E-state index contributed by atoms with van der Waals surface area (Å²) in [5.74, 6) is -0.553. The van der Waals surface area contributed by atoms with Gasteiger partial charge in [0.25, 0.3) is 5.56 Å². The molecule has 0 aliphatic carbocycles. The predicted molar refractivity (Wildman–Crippen MR) is 99.2 cm³/mol. The van der Waals surface area contributed by atoms with Crippen molar-refractivity contribution in [2.75, 3.05) is 19.3 Å². The lowest BCUT2D eigenvalue weighted by atomic mass is 10.2. The number of aromatic nitrogens is 2. The lowest BCUT2D eigenvalue weighted by Crippen LogP contribution is -2.36. The molecule has 0 aliphatic heterocycles. The Balaban J connectivity index is 2.27. The summed E-state index contributed by atoms with van der Waals surface area (Å²) in [5.41, 5.74) is 0.313. The molecule has 0 saturated heterocycles. The van der Waals surface area contributed by atoms with Crippen LogP contribution in [0, 0.1) is 0 Å². The van der Waals surface area contributed by atoms with Gasteiger partial charge in [0, 0.05) is 18.1 Å². The van der Waals surface area contributed by atoms with Crippen LogP contribution in [0.1, 0.15) is 19.9 Å². The van der Waals surface area contributed by atoms with Crippen molar-refractivity contribution in [3.05, 3.63) is 33.6 Å². The van der Waals surface area contributed by atoms with E-state index in [2.05, 4.69) is 15.6 Å². The Kier molecular flexibility index (Phi) is 6.44. The number of amides is 2. The maximum Gasteiger partial charge on any atom is 0.262 e. The van der Waals surface area contributed by atoms with Gasteiger partial charge in [0.15, 0.2) is 5.16 Å². The van der Waals surface area contributed by atoms with Crippen molar-refractivity contribution < 1.29 is 9.59 Å². The monoisotopic (exact) mass is 382 g/mol. The number of hydrogen-bond acceptors (Lipinski definition) is 5. The molecule has 2 rings (SSSR count). The van der Waals surface area contributed by atoms with Crippen molar-refractivity contribution in [1.29, 1.82) is 0 Å². The highest BCUT2D eigenvalue weighted by atomic mass is 35.5. The van der Waals surface area contributed by atoms with Gasteiger partial charge in [-0.05, 0) is 32.0 Å². The van der Waals surface area contributed by atoms with Gasteiger partial charge in [-0.15, -0.1) is 0 Å². The van der Waals surface area contributed by atoms with Crippen LogP contribution in [0.3, 0.4) is 0 Å². The van der Waals surface area contributed by atoms with Gasteiger partial charge in [-0.3, -0.25) is 19.0 Å². The number of nitrogens with zero attached hydrogens (tertiary/aromatic N) is 2. The lowest BCUT2D eigenvalue weighted by molar-refractivity contribution is -0.124. The van der Waals surface area contributed by atoms with Crippen LogP contribution in [0.15, 0.2) is 28.2 Å². The molecule has 7 nitrogen and oxygen atoms in total. The predicted octanol–water partition coefficient (Wildman–Crippen LogP) is 1.59. The van der Waals surface area contributed by atoms with Gasteiger partial charge >= 0.3 is 0 Å². The molecule has 1 heterocycles. The summed E-state index contributed by atoms with van der Waals surface area (Å²) in [6, 6.07) is 4.81. The van der Waals surface area contributed by atoms with Crippen LogP contribution >= 0.6 is 23.4 Å². The molecule has 0 unspecified atom stereocenters. The minimum absolute atomic E-state index is 0.0439. The van der Waals surface area contributed by atoms with Crippen molar-refractivity contribution in [3.63, 3.8) is 0 Å². The summed E-state index contributed by atoms with van der Waals surface area (Å²) in [6.07, 6.45) is 0. The van der Waals surface area contributed by atoms with E-state index < -0.39 is 0 Å². The molecule has 0 radical (unpaired) electrons. The molecular formula is C16H19ClN4O3S. The summed E-state index contributed by atoms with van der Waals surface area (Å²) < 4.78 is 1.55. The van der Waals surface area contributed by atoms with Crippen LogP contribution in [-0.4, -0.2) is 40.7 Å². The molecule has 0 spiro atoms. The van der Waals surface area contributed by atoms with E-state index in [-0.39, 0.29) is 35.7 Å². The van der Waals surface area contributed by atoms with Crippen LogP contribution in [0.5, 0.6) is 0 Å². The highest BCUT2D eigenvalue weighted by Crippen LogP contribution is 2.22. The Morgan fingerprint density at radius 1 is 1.32 bits per heavy atom. The minimum Gasteiger partial charge on any atom is -0.358 e. The third-order valence-corrected chi connectivity index (χ3v) is 4.59. The molecule has 0 saturated carbocycles. The summed E-state index contributed by atoms with van der Waals surface area (Å²) in [7, 11) is 1.49. The first-order valence-corrected chi connectivity index (χ1v) is 9.01. The van der Waals surface area contributed by atoms with E-state index in [4.69, 9.17) is 11.6 Å². The Hall–Kier alpha value is -2.06. The molecule has 0 aliphatic rings. The van der Waals surface area contributed by atoms with Crippen molar-refractivity contribution in [3.8, 4) is 0 Å². The molecule has 0 fully saturated rings. The highest BCUT2D eigenvalue weighted by Gasteiger charge is 2.15. The van der Waals surface area contributed by atoms with Gasteiger partial charge in [0.05, 0.1) is 23.2 Å². The van der Waals surface area contributed by atoms with Gasteiger partial charge < -0.3 is 10.6 Å². The van der Waals surface area contributed by atoms with E-state index in [1.54, 1.807) is 22.8 Å². The summed E-state index contributed by atoms with van der Waals surface area (Å²) in [5, 5.41) is 6.33. The number of carbonyl (C=O) groups is 2. The maximum atomic E-state index is 12.7. The molecule has 0 bridgehead atoms. The number of nitrogens with one attached hydrogen (secondary N) is 2. The fourth-order valence-corrected chi connectivity index (χ4v) is 3.28. The molecular weight excluding hydrogens is 364 g/mol. The van der Waals surface area contributed by atoms with Crippen molar-refractivity contribution >= 4 is 46.1 Å². The number of rotatable bonds is 6. The molecule has 2 amide bonds. The zero-order valence-electron chi connectivity index (χ0n) is 14.1. The molecule has 1 aromatic carbocycles. The second-order valence-electron chi connectivity index (χ2n) is 5.56. The van der Waals surface area contributed by atoms with Crippen molar-refractivity contribution in [2.45, 2.75) is 25.0 Å². The number of fused-ring (bicyclic) bond motifs is 1. The van der Waals surface area contributed by atoms with Crippen LogP contribution < -0.4 is 16.2 Å². The van der Waals surface area contributed by atoms with Gasteiger partial charge in [-0.1, -0.05) is 23.4 Å². The summed E-state index contributed by atoms with van der Waals surface area (Å²) in [6.45, 7) is 3.66. The molecule has 9 heteroatoms. The molecule has 25 heavy (non-hydrogen) atoms. The Bertz CT molecular complexity index is 866. The van der Waals surface area contributed by atoms with Gasteiger partial charge in [-0.25, -0.2) is 4.98 Å². The number of halogens is 1. The topological polar surface area (TPSA) is 93.1 Å². The number of thioether (sulfide) groups is 1. The zero-order chi connectivity index (χ0) is 18.6. The Morgan fingerprint density at radius 3 is 2.68 bits per heavy atom. The average Bonchev–Trinajstić information content (AvgIpc) is 2.56. The first kappa shape index (κ1) is 19.3. The second kappa shape index (κ2) is 8.35. The smallest absolute Gasteiger partial charge is 0.262 e. The quantitative estimate of drug-likeness (QED) is 0.584. The number of carbonyl (C=O) groups excluding carboxylic acids is 2. The first-order valence-electron chi connectivity index (χ1n) is 7.65. The molecule has 0 atom stereocenters. The molecule has 2 aromatic rings. The molecule has 1 aromatic heterocycles. The largest absolute Gasteiger partial charge is 0.358 e. The number of likely N-dealkylation sites (N-methyl/N-ethyl adjacent to an activating group) is 1. The van der Waals surface area contributed by atoms with E-state index in [1.807, 2.05) is 13.8 Å². The Labute approximate surface area is 154 Å². The van der Waals surface area contributed by atoms with E-state index in [1.165, 1.54) is 7.05 Å². The zero-order valence-corrected chi connectivity index (χ0v) is 15.7. The van der Waals surface area contributed by atoms with Crippen molar-refractivity contribution in [1.82, 2.24) is 20.2 Å². The molecule has 134 valence electrons. The lowest BCUT2D eigenvalue weighted by Gasteiger charge is -2.16. The van der Waals surface area contributed by atoms with E-state index in [9.17, 15) is 14.4 Å². The van der Waals surface area contributed by atoms with E-state index >= 15 is 0 Å². The highest BCUT2D eigenvalue weighted by molar-refractivity contribution is 7.99. The van der Waals surface area contributed by atoms with Crippen LogP contribution in [-0.2, 0) is 9.59 Å². The SMILES string of the molecule is CNC(=O)CNC(=O)CSc1nc2cc(Cl)ccc2c(=O)n1C(C)C. The third kappa shape index (κ3) is 4.73. The van der Waals surface area contributed by atoms with Crippen LogP contribution in [0.25, 0.3) is 10.9 Å². The van der Waals surface area contributed by atoms with Gasteiger partial charge in [0.1, 0.15) is 0 Å². The molecule has 2 N–H and O–H groups in total. The Morgan fingerprint density at radius 2 is 2.04 bits per heavy atom. The summed E-state index contributed by atoms with van der Waals surface area (Å²) >= 11 is 7.12. The summed E-state index contributed by atoms with van der Waals surface area (Å²) in [4.78, 5) is 40.2. The normalized spacial score (nSPS) is 10.9. The standard InChI is InChI=1S/C16H19ClN4O3S/c1-9(2)21-15(24)11-5-4-10(17)6-12(11)20-16(21)25-8-14(23)19-7-13(22)18-3/h4-6,9H,7-8H2,1-3H3,(H,18,22)(H,19,23). The van der Waals surface area contributed by atoms with Gasteiger partial charge in [0.2, 0.25) is 11.8 Å². The van der Waals surface area contributed by atoms with Crippen LogP contribution in [0.4, 0.5) is 0 Å². The third-order valence-electron chi connectivity index (χ3n) is 3.40. The fourth-order valence-electron chi connectivity index (χ4n) is 2.16. The number of hydrogen-bond donors (Lipinski definition) is 2. The fraction of sp³-hybridized carbons (Fsp3) is 0.375. The van der Waals surface area contributed by atoms with E-state index in [0.29, 0.717) is 21.1 Å². The van der Waals surface area contributed by atoms with E-state index in [0.717, 1.165) is 11.8 Å². The van der Waals surface area contributed by atoms with Gasteiger partial charge in [-0.2, -0.15) is 0 Å². The number of benzene rings is 1. The van der Waals surface area contributed by atoms with Crippen LogP contribution in [0.2, 0.25) is 5.02 Å². The maximum absolute atomic E-state index is 12.7. The minimum atomic E-state index is -0.315. The second-order valence-corrected chi connectivity index (χ2v) is 6.94. The average molecular weight is 383 g/mol.